The fourth-order valence-corrected chi connectivity index (χ4v) is 3.28. The Morgan fingerprint density at radius 2 is 2.04 bits per heavy atom. The SMILES string of the molecule is C=CCOc1ccc(Cl)cc1/C=C1\SC(=Nc2ccc(C)cc2)NC1=O. The van der Waals surface area contributed by atoms with Crippen molar-refractivity contribution in [3.63, 3.8) is 0 Å². The summed E-state index contributed by atoms with van der Waals surface area (Å²) >= 11 is 7.37. The largest absolute Gasteiger partial charge is 0.489 e. The van der Waals surface area contributed by atoms with Crippen LogP contribution in [0.25, 0.3) is 6.08 Å². The van der Waals surface area contributed by atoms with Crippen LogP contribution in [0.15, 0.2) is 65.0 Å². The van der Waals surface area contributed by atoms with Crippen LogP contribution in [0.5, 0.6) is 5.75 Å². The number of rotatable bonds is 5. The van der Waals surface area contributed by atoms with E-state index < -0.39 is 0 Å². The summed E-state index contributed by atoms with van der Waals surface area (Å²) < 4.78 is 5.63. The van der Waals surface area contributed by atoms with Crippen LogP contribution in [-0.2, 0) is 4.79 Å². The molecule has 0 aliphatic carbocycles. The Hall–Kier alpha value is -2.50. The Kier molecular flexibility index (Phi) is 5.81. The van der Waals surface area contributed by atoms with Crippen molar-refractivity contribution in [2.24, 2.45) is 4.99 Å². The third kappa shape index (κ3) is 4.56. The van der Waals surface area contributed by atoms with Crippen molar-refractivity contribution < 1.29 is 9.53 Å². The number of aliphatic imine (C=N–C) groups is 1. The Morgan fingerprint density at radius 3 is 2.77 bits per heavy atom. The molecule has 0 atom stereocenters. The second-order valence-electron chi connectivity index (χ2n) is 5.60. The van der Waals surface area contributed by atoms with Gasteiger partial charge in [0.25, 0.3) is 5.91 Å². The van der Waals surface area contributed by atoms with Crippen molar-refractivity contribution in [1.29, 1.82) is 0 Å². The van der Waals surface area contributed by atoms with E-state index in [0.717, 1.165) is 16.8 Å². The quantitative estimate of drug-likeness (QED) is 0.576. The number of carbonyl (C=O) groups excluding carboxylic acids is 1. The third-order valence-corrected chi connectivity index (χ3v) is 4.68. The third-order valence-electron chi connectivity index (χ3n) is 3.53. The van der Waals surface area contributed by atoms with Gasteiger partial charge in [-0.05, 0) is 55.1 Å². The van der Waals surface area contributed by atoms with Crippen LogP contribution in [0, 0.1) is 6.92 Å². The highest BCUT2D eigenvalue weighted by atomic mass is 35.5. The Balaban J connectivity index is 1.86. The van der Waals surface area contributed by atoms with E-state index in [2.05, 4.69) is 16.9 Å². The summed E-state index contributed by atoms with van der Waals surface area (Å²) in [5.74, 6) is 0.439. The summed E-state index contributed by atoms with van der Waals surface area (Å²) in [6.45, 7) is 6.03. The first-order valence-electron chi connectivity index (χ1n) is 7.94. The van der Waals surface area contributed by atoms with Gasteiger partial charge < -0.3 is 10.1 Å². The van der Waals surface area contributed by atoms with E-state index >= 15 is 0 Å². The Morgan fingerprint density at radius 1 is 1.27 bits per heavy atom. The normalized spacial score (nSPS) is 16.8. The van der Waals surface area contributed by atoms with E-state index in [1.54, 1.807) is 30.4 Å². The Bertz CT molecular complexity index is 905. The van der Waals surface area contributed by atoms with Gasteiger partial charge in [0.2, 0.25) is 0 Å². The summed E-state index contributed by atoms with van der Waals surface area (Å²) in [4.78, 5) is 17.3. The maximum Gasteiger partial charge on any atom is 0.264 e. The number of carbonyl (C=O) groups is 1. The molecule has 1 fully saturated rings. The molecule has 0 aromatic heterocycles. The van der Waals surface area contributed by atoms with Crippen molar-refractivity contribution in [2.45, 2.75) is 6.92 Å². The zero-order valence-corrected chi connectivity index (χ0v) is 15.7. The van der Waals surface area contributed by atoms with Crippen LogP contribution in [-0.4, -0.2) is 17.7 Å². The highest BCUT2D eigenvalue weighted by molar-refractivity contribution is 8.18. The van der Waals surface area contributed by atoms with Crippen molar-refractivity contribution in [3.05, 3.63) is 76.2 Å². The molecule has 2 aromatic rings. The summed E-state index contributed by atoms with van der Waals surface area (Å²) in [6.07, 6.45) is 3.41. The highest BCUT2D eigenvalue weighted by Crippen LogP contribution is 2.32. The van der Waals surface area contributed by atoms with Crippen LogP contribution < -0.4 is 10.1 Å². The summed E-state index contributed by atoms with van der Waals surface area (Å²) in [6, 6.07) is 13.1. The molecule has 0 saturated carbocycles. The van der Waals surface area contributed by atoms with Crippen LogP contribution in [0.3, 0.4) is 0 Å². The molecule has 3 rings (SSSR count). The lowest BCUT2D eigenvalue weighted by Crippen LogP contribution is -2.19. The lowest BCUT2D eigenvalue weighted by atomic mass is 10.2. The molecule has 132 valence electrons. The van der Waals surface area contributed by atoms with Gasteiger partial charge in [-0.1, -0.05) is 42.0 Å². The number of hydrogen-bond donors (Lipinski definition) is 1. The Labute approximate surface area is 161 Å². The zero-order valence-electron chi connectivity index (χ0n) is 14.2. The lowest BCUT2D eigenvalue weighted by molar-refractivity contribution is -0.115. The van der Waals surface area contributed by atoms with E-state index in [4.69, 9.17) is 16.3 Å². The van der Waals surface area contributed by atoms with E-state index in [-0.39, 0.29) is 5.91 Å². The minimum atomic E-state index is -0.199. The smallest absolute Gasteiger partial charge is 0.264 e. The predicted molar refractivity (Wildman–Crippen MR) is 109 cm³/mol. The molecule has 1 saturated heterocycles. The first kappa shape index (κ1) is 18.3. The van der Waals surface area contributed by atoms with Crippen LogP contribution in [0.1, 0.15) is 11.1 Å². The molecule has 4 nitrogen and oxygen atoms in total. The molecule has 1 amide bonds. The fraction of sp³-hybridized carbons (Fsp3) is 0.100. The molecule has 6 heteroatoms. The number of hydrogen-bond acceptors (Lipinski definition) is 4. The van der Waals surface area contributed by atoms with Gasteiger partial charge >= 0.3 is 0 Å². The number of aryl methyl sites for hydroxylation is 1. The van der Waals surface area contributed by atoms with Crippen molar-refractivity contribution in [3.8, 4) is 5.75 Å². The molecule has 0 radical (unpaired) electrons. The molecule has 0 unspecified atom stereocenters. The van der Waals surface area contributed by atoms with E-state index in [0.29, 0.717) is 27.5 Å². The minimum Gasteiger partial charge on any atom is -0.489 e. The van der Waals surface area contributed by atoms with Gasteiger partial charge in [0, 0.05) is 10.6 Å². The predicted octanol–water partition coefficient (Wildman–Crippen LogP) is 5.10. The zero-order chi connectivity index (χ0) is 18.5. The maximum absolute atomic E-state index is 12.3. The minimum absolute atomic E-state index is 0.199. The van der Waals surface area contributed by atoms with E-state index in [1.807, 2.05) is 31.2 Å². The van der Waals surface area contributed by atoms with Crippen LogP contribution in [0.2, 0.25) is 5.02 Å². The monoisotopic (exact) mass is 384 g/mol. The molecule has 0 bridgehead atoms. The molecular weight excluding hydrogens is 368 g/mol. The molecule has 2 aromatic carbocycles. The van der Waals surface area contributed by atoms with Gasteiger partial charge in [-0.2, -0.15) is 0 Å². The molecule has 0 spiro atoms. The molecule has 26 heavy (non-hydrogen) atoms. The second kappa shape index (κ2) is 8.25. The van der Waals surface area contributed by atoms with Crippen molar-refractivity contribution >= 4 is 46.2 Å². The van der Waals surface area contributed by atoms with Gasteiger partial charge in [-0.15, -0.1) is 0 Å². The second-order valence-corrected chi connectivity index (χ2v) is 7.07. The van der Waals surface area contributed by atoms with Crippen LogP contribution >= 0.6 is 23.4 Å². The number of nitrogens with one attached hydrogen (secondary N) is 1. The molecule has 1 aliphatic rings. The van der Waals surface area contributed by atoms with E-state index in [9.17, 15) is 4.79 Å². The number of ether oxygens (including phenoxy) is 1. The number of thioether (sulfide) groups is 1. The summed E-state index contributed by atoms with van der Waals surface area (Å²) in [5.41, 5.74) is 2.68. The number of halogens is 1. The average Bonchev–Trinajstić information content (AvgIpc) is 2.95. The molecule has 1 aliphatic heterocycles. The molecular formula is C20H17ClN2O2S. The van der Waals surface area contributed by atoms with Crippen LogP contribution in [0.4, 0.5) is 5.69 Å². The molecule has 1 heterocycles. The van der Waals surface area contributed by atoms with Crippen molar-refractivity contribution in [2.75, 3.05) is 6.61 Å². The topological polar surface area (TPSA) is 50.7 Å². The van der Waals surface area contributed by atoms with E-state index in [1.165, 1.54) is 11.8 Å². The number of amidine groups is 1. The number of amides is 1. The summed E-state index contributed by atoms with van der Waals surface area (Å²) in [7, 11) is 0. The standard InChI is InChI=1S/C20H17ClN2O2S/c1-3-10-25-17-9-6-15(21)11-14(17)12-18-19(24)23-20(26-18)22-16-7-4-13(2)5-8-16/h3-9,11-12H,1,10H2,2H3,(H,22,23,24)/b18-12-. The number of benzene rings is 2. The van der Waals surface area contributed by atoms with Crippen molar-refractivity contribution in [1.82, 2.24) is 5.32 Å². The first-order chi connectivity index (χ1) is 12.5. The average molecular weight is 385 g/mol. The van der Waals surface area contributed by atoms with Gasteiger partial charge in [-0.3, -0.25) is 4.79 Å². The van der Waals surface area contributed by atoms with Gasteiger partial charge in [0.15, 0.2) is 5.17 Å². The lowest BCUT2D eigenvalue weighted by Gasteiger charge is -2.08. The molecule has 1 N–H and O–H groups in total. The highest BCUT2D eigenvalue weighted by Gasteiger charge is 2.24. The summed E-state index contributed by atoms with van der Waals surface area (Å²) in [5, 5.41) is 3.89. The van der Waals surface area contributed by atoms with Gasteiger partial charge in [0.05, 0.1) is 10.6 Å². The first-order valence-corrected chi connectivity index (χ1v) is 9.14. The van der Waals surface area contributed by atoms with Gasteiger partial charge in [0.1, 0.15) is 12.4 Å². The maximum atomic E-state index is 12.3. The fourth-order valence-electron chi connectivity index (χ4n) is 2.27. The number of nitrogens with zero attached hydrogens (tertiary/aromatic N) is 1. The van der Waals surface area contributed by atoms with Gasteiger partial charge in [-0.25, -0.2) is 4.99 Å².